The number of hydrogen-bond acceptors (Lipinski definition) is 1. The number of unbranched alkanes of at least 4 members (excludes halogenated alkanes) is 25. The molecular formula is C44H82O. The molecule has 0 aliphatic rings. The van der Waals surface area contributed by atoms with Crippen molar-refractivity contribution in [2.75, 3.05) is 0 Å². The summed E-state index contributed by atoms with van der Waals surface area (Å²) in [5.41, 5.74) is 3.95. The van der Waals surface area contributed by atoms with E-state index >= 15 is 0 Å². The maximum Gasteiger partial charge on any atom is 0.122 e. The zero-order chi connectivity index (χ0) is 32.8. The molecule has 0 radical (unpaired) electrons. The fourth-order valence-electron chi connectivity index (χ4n) is 7.29. The fraction of sp³-hybridized carbons (Fsp3) is 0.864. The number of aryl methyl sites for hydroxylation is 1. The Labute approximate surface area is 284 Å². The van der Waals surface area contributed by atoms with Crippen LogP contribution in [-0.4, -0.2) is 5.11 Å². The van der Waals surface area contributed by atoms with E-state index in [0.29, 0.717) is 17.6 Å². The van der Waals surface area contributed by atoms with Crippen molar-refractivity contribution in [3.8, 4) is 5.75 Å². The van der Waals surface area contributed by atoms with E-state index in [9.17, 15) is 5.11 Å². The maximum atomic E-state index is 11.5. The highest BCUT2D eigenvalue weighted by molar-refractivity contribution is 5.47. The summed E-state index contributed by atoms with van der Waals surface area (Å²) in [6.45, 7) is 11.6. The van der Waals surface area contributed by atoms with E-state index in [1.807, 2.05) is 0 Å². The summed E-state index contributed by atoms with van der Waals surface area (Å²) >= 11 is 0. The minimum atomic E-state index is 0.446. The first-order chi connectivity index (χ1) is 22.0. The second kappa shape index (κ2) is 30.4. The van der Waals surface area contributed by atoms with E-state index in [1.54, 1.807) is 0 Å². The van der Waals surface area contributed by atoms with Crippen LogP contribution in [0.1, 0.15) is 256 Å². The van der Waals surface area contributed by atoms with Crippen molar-refractivity contribution in [3.63, 3.8) is 0 Å². The van der Waals surface area contributed by atoms with Gasteiger partial charge in [-0.05, 0) is 54.2 Å². The largest absolute Gasteiger partial charge is 0.507 e. The summed E-state index contributed by atoms with van der Waals surface area (Å²) in [5.74, 6) is 1.52. The predicted octanol–water partition coefficient (Wildman–Crippen LogP) is 15.9. The van der Waals surface area contributed by atoms with Crippen LogP contribution in [0.3, 0.4) is 0 Å². The number of phenolic OH excluding ortho intramolecular Hbond substituents is 1. The summed E-state index contributed by atoms with van der Waals surface area (Å²) in [4.78, 5) is 0. The topological polar surface area (TPSA) is 20.2 Å². The van der Waals surface area contributed by atoms with Crippen molar-refractivity contribution in [1.29, 1.82) is 0 Å². The van der Waals surface area contributed by atoms with Gasteiger partial charge < -0.3 is 5.11 Å². The molecule has 1 nitrogen and oxygen atoms in total. The Morgan fingerprint density at radius 3 is 0.978 bits per heavy atom. The Bertz CT molecular complexity index is 711. The van der Waals surface area contributed by atoms with Gasteiger partial charge in [-0.3, -0.25) is 0 Å². The van der Waals surface area contributed by atoms with E-state index in [2.05, 4.69) is 46.8 Å². The number of benzene rings is 1. The second-order valence-electron chi connectivity index (χ2n) is 15.1. The third-order valence-electron chi connectivity index (χ3n) is 10.6. The Morgan fingerprint density at radius 2 is 0.667 bits per heavy atom. The van der Waals surface area contributed by atoms with Crippen molar-refractivity contribution in [3.05, 3.63) is 28.8 Å². The summed E-state index contributed by atoms with van der Waals surface area (Å²) in [7, 11) is 0. The molecule has 1 N–H and O–H groups in total. The smallest absolute Gasteiger partial charge is 0.122 e. The lowest BCUT2D eigenvalue weighted by Gasteiger charge is -2.21. The van der Waals surface area contributed by atoms with Gasteiger partial charge in [-0.15, -0.1) is 0 Å². The molecule has 0 aliphatic heterocycles. The van der Waals surface area contributed by atoms with Gasteiger partial charge in [0, 0.05) is 0 Å². The van der Waals surface area contributed by atoms with Gasteiger partial charge in [0.1, 0.15) is 5.75 Å². The van der Waals surface area contributed by atoms with Crippen LogP contribution >= 0.6 is 0 Å². The molecule has 0 heterocycles. The van der Waals surface area contributed by atoms with Crippen molar-refractivity contribution < 1.29 is 5.11 Å². The number of rotatable bonds is 33. The zero-order valence-electron chi connectivity index (χ0n) is 31.7. The summed E-state index contributed by atoms with van der Waals surface area (Å²) in [5, 5.41) is 11.5. The highest BCUT2D eigenvalue weighted by Crippen LogP contribution is 2.39. The fourth-order valence-corrected chi connectivity index (χ4v) is 7.29. The summed E-state index contributed by atoms with van der Waals surface area (Å²) in [6, 6.07) is 4.76. The first kappa shape index (κ1) is 42.0. The van der Waals surface area contributed by atoms with Crippen LogP contribution in [0, 0.1) is 0 Å². The molecule has 1 rings (SSSR count). The van der Waals surface area contributed by atoms with Gasteiger partial charge in [-0.1, -0.05) is 220 Å². The summed E-state index contributed by atoms with van der Waals surface area (Å²) in [6.07, 6.45) is 42.4. The van der Waals surface area contributed by atoms with Crippen molar-refractivity contribution in [1.82, 2.24) is 0 Å². The molecule has 0 bridgehead atoms. The Morgan fingerprint density at radius 1 is 0.400 bits per heavy atom. The molecule has 1 aromatic rings. The van der Waals surface area contributed by atoms with Crippen LogP contribution in [0.4, 0.5) is 0 Å². The monoisotopic (exact) mass is 627 g/mol. The van der Waals surface area contributed by atoms with Crippen LogP contribution in [0.5, 0.6) is 5.75 Å². The average molecular weight is 627 g/mol. The molecule has 0 aromatic heterocycles. The van der Waals surface area contributed by atoms with Crippen molar-refractivity contribution in [2.45, 2.75) is 245 Å². The van der Waals surface area contributed by atoms with E-state index in [4.69, 9.17) is 0 Å². The number of hydrogen-bond donors (Lipinski definition) is 1. The van der Waals surface area contributed by atoms with Gasteiger partial charge in [-0.25, -0.2) is 0 Å². The average Bonchev–Trinajstić information content (AvgIpc) is 3.04. The minimum Gasteiger partial charge on any atom is -0.507 e. The lowest BCUT2D eigenvalue weighted by molar-refractivity contribution is 0.440. The molecule has 45 heavy (non-hydrogen) atoms. The summed E-state index contributed by atoms with van der Waals surface area (Å²) < 4.78 is 0. The third kappa shape index (κ3) is 22.3. The molecule has 0 amide bonds. The molecule has 1 heteroatoms. The highest BCUT2D eigenvalue weighted by Gasteiger charge is 2.19. The van der Waals surface area contributed by atoms with E-state index < -0.39 is 0 Å². The highest BCUT2D eigenvalue weighted by atomic mass is 16.3. The van der Waals surface area contributed by atoms with E-state index in [1.165, 1.54) is 209 Å². The van der Waals surface area contributed by atoms with Gasteiger partial charge in [0.2, 0.25) is 0 Å². The molecule has 0 saturated carbocycles. The maximum absolute atomic E-state index is 11.5. The first-order valence-corrected chi connectivity index (χ1v) is 20.9. The quantitative estimate of drug-likeness (QED) is 0.0770. The molecule has 0 saturated heterocycles. The molecule has 1 aromatic carbocycles. The van der Waals surface area contributed by atoms with Crippen LogP contribution in [0.2, 0.25) is 0 Å². The van der Waals surface area contributed by atoms with Gasteiger partial charge >= 0.3 is 0 Å². The molecular weight excluding hydrogens is 544 g/mol. The zero-order valence-corrected chi connectivity index (χ0v) is 31.7. The van der Waals surface area contributed by atoms with E-state index in [0.717, 1.165) is 6.42 Å². The SMILES string of the molecule is CCCCCCCCCCCCCCC(C)c1cc(CCCCCC)cc(C(C)CCCCCCCCCCCCCC)c1O. The van der Waals surface area contributed by atoms with Crippen LogP contribution in [0.25, 0.3) is 0 Å². The predicted molar refractivity (Wildman–Crippen MR) is 204 cm³/mol. The molecule has 2 unspecified atom stereocenters. The minimum absolute atomic E-state index is 0.446. The Kier molecular flexibility index (Phi) is 28.4. The van der Waals surface area contributed by atoms with Gasteiger partial charge in [0.05, 0.1) is 0 Å². The van der Waals surface area contributed by atoms with Gasteiger partial charge in [0.15, 0.2) is 0 Å². The van der Waals surface area contributed by atoms with Crippen LogP contribution in [-0.2, 0) is 6.42 Å². The number of phenols is 1. The molecule has 0 aliphatic carbocycles. The number of aromatic hydroxyl groups is 1. The Balaban J connectivity index is 2.47. The third-order valence-corrected chi connectivity index (χ3v) is 10.6. The van der Waals surface area contributed by atoms with Crippen LogP contribution in [0.15, 0.2) is 12.1 Å². The van der Waals surface area contributed by atoms with Crippen molar-refractivity contribution >= 4 is 0 Å². The normalized spacial score (nSPS) is 13.0. The molecule has 0 fully saturated rings. The lowest BCUT2D eigenvalue weighted by Crippen LogP contribution is -2.03. The second-order valence-corrected chi connectivity index (χ2v) is 15.1. The lowest BCUT2D eigenvalue weighted by atomic mass is 9.85. The first-order valence-electron chi connectivity index (χ1n) is 20.9. The van der Waals surface area contributed by atoms with Gasteiger partial charge in [-0.2, -0.15) is 0 Å². The molecule has 264 valence electrons. The Hall–Kier alpha value is -0.980. The molecule has 0 spiro atoms. The molecule has 2 atom stereocenters. The van der Waals surface area contributed by atoms with Crippen molar-refractivity contribution in [2.24, 2.45) is 0 Å². The van der Waals surface area contributed by atoms with E-state index in [-0.39, 0.29) is 0 Å². The van der Waals surface area contributed by atoms with Gasteiger partial charge in [0.25, 0.3) is 0 Å². The standard InChI is InChI=1S/C44H82O/c1-6-9-12-15-17-19-21-23-25-27-29-31-34-39(4)42-37-41(36-33-14-11-8-3)38-43(44(42)45)40(5)35-32-30-28-26-24-22-20-18-16-13-10-7-2/h37-40,45H,6-36H2,1-5H3. The van der Waals surface area contributed by atoms with Crippen LogP contribution < -0.4 is 0 Å².